The zero-order chi connectivity index (χ0) is 7.66. The van der Waals surface area contributed by atoms with Crippen LogP contribution in [0.4, 0.5) is 0 Å². The molecule has 0 aromatic rings. The maximum absolute atomic E-state index is 5.40. The van der Waals surface area contributed by atoms with Crippen molar-refractivity contribution in [3.05, 3.63) is 0 Å². The van der Waals surface area contributed by atoms with Crippen molar-refractivity contribution in [2.75, 3.05) is 32.2 Å². The maximum Gasteiger partial charge on any atom is 0.0601 e. The van der Waals surface area contributed by atoms with Crippen molar-refractivity contribution in [2.24, 2.45) is 0 Å². The number of nitrogens with one attached hydrogen (secondary N) is 1. The second kappa shape index (κ2) is 9.21. The van der Waals surface area contributed by atoms with Gasteiger partial charge in [0.15, 0.2) is 0 Å². The first-order valence-electron chi connectivity index (χ1n) is 3.76. The van der Waals surface area contributed by atoms with Crippen LogP contribution in [0.2, 0.25) is 0 Å². The van der Waals surface area contributed by atoms with Gasteiger partial charge in [0.2, 0.25) is 0 Å². The van der Waals surface area contributed by atoms with Gasteiger partial charge in [-0.3, -0.25) is 0 Å². The summed E-state index contributed by atoms with van der Waals surface area (Å²) < 4.78 is 5.16. The van der Waals surface area contributed by atoms with Gasteiger partial charge in [-0.15, -0.1) is 11.6 Å². The third-order valence-electron chi connectivity index (χ3n) is 1.11. The molecular weight excluding hydrogens is 150 g/mol. The summed E-state index contributed by atoms with van der Waals surface area (Å²) in [6, 6.07) is 0. The second-order valence-corrected chi connectivity index (χ2v) is 2.39. The fourth-order valence-corrected chi connectivity index (χ4v) is 0.742. The highest BCUT2D eigenvalue weighted by molar-refractivity contribution is 6.17. The molecule has 0 rings (SSSR count). The summed E-state index contributed by atoms with van der Waals surface area (Å²) in [5, 5.41) is 3.21. The van der Waals surface area contributed by atoms with Crippen LogP contribution in [0, 0.1) is 0 Å². The lowest BCUT2D eigenvalue weighted by Crippen LogP contribution is -2.15. The van der Waals surface area contributed by atoms with Crippen molar-refractivity contribution < 1.29 is 4.74 Å². The second-order valence-electron chi connectivity index (χ2n) is 2.01. The fourth-order valence-electron chi connectivity index (χ4n) is 0.633. The summed E-state index contributed by atoms with van der Waals surface area (Å²) in [7, 11) is 0. The van der Waals surface area contributed by atoms with E-state index in [4.69, 9.17) is 16.3 Å². The Bertz CT molecular complexity index is 53.6. The van der Waals surface area contributed by atoms with Gasteiger partial charge in [0.05, 0.1) is 6.61 Å². The van der Waals surface area contributed by atoms with Crippen LogP contribution in [-0.2, 0) is 4.74 Å². The van der Waals surface area contributed by atoms with E-state index in [1.54, 1.807) is 0 Å². The molecular formula is C7H16ClNO. The number of hydrogen-bond acceptors (Lipinski definition) is 2. The molecule has 3 heteroatoms. The Labute approximate surface area is 67.9 Å². The summed E-state index contributed by atoms with van der Waals surface area (Å²) in [4.78, 5) is 0. The third-order valence-corrected chi connectivity index (χ3v) is 1.27. The molecule has 0 heterocycles. The number of ether oxygens (including phenoxy) is 1. The molecule has 0 fully saturated rings. The summed E-state index contributed by atoms with van der Waals surface area (Å²) in [6.45, 7) is 5.67. The van der Waals surface area contributed by atoms with E-state index in [-0.39, 0.29) is 0 Å². The van der Waals surface area contributed by atoms with Gasteiger partial charge in [0, 0.05) is 12.5 Å². The number of hydrogen-bond donors (Lipinski definition) is 1. The van der Waals surface area contributed by atoms with Crippen molar-refractivity contribution in [1.82, 2.24) is 5.32 Å². The fraction of sp³-hybridized carbons (Fsp3) is 1.00. The van der Waals surface area contributed by atoms with E-state index in [1.807, 2.05) is 0 Å². The zero-order valence-corrected chi connectivity index (χ0v) is 7.28. The van der Waals surface area contributed by atoms with E-state index in [9.17, 15) is 0 Å². The van der Waals surface area contributed by atoms with Gasteiger partial charge in [-0.1, -0.05) is 6.92 Å². The minimum absolute atomic E-state index is 0.598. The number of alkyl halides is 1. The minimum atomic E-state index is 0.598. The lowest BCUT2D eigenvalue weighted by Gasteiger charge is -2.01. The highest BCUT2D eigenvalue weighted by atomic mass is 35.5. The molecule has 0 atom stereocenters. The van der Waals surface area contributed by atoms with Gasteiger partial charge in [-0.05, 0) is 19.5 Å². The van der Waals surface area contributed by atoms with E-state index in [1.165, 1.54) is 0 Å². The highest BCUT2D eigenvalue weighted by Crippen LogP contribution is 1.82. The summed E-state index contributed by atoms with van der Waals surface area (Å²) in [5.74, 6) is 0.598. The Balaban J connectivity index is 2.65. The highest BCUT2D eigenvalue weighted by Gasteiger charge is 1.86. The van der Waals surface area contributed by atoms with Crippen LogP contribution in [0.25, 0.3) is 0 Å². The quantitative estimate of drug-likeness (QED) is 0.453. The summed E-state index contributed by atoms with van der Waals surface area (Å²) in [5.41, 5.74) is 0. The van der Waals surface area contributed by atoms with E-state index in [0.717, 1.165) is 26.1 Å². The molecule has 0 aliphatic rings. The Morgan fingerprint density at radius 3 is 2.80 bits per heavy atom. The molecule has 0 amide bonds. The molecule has 0 aromatic heterocycles. The molecule has 0 bridgehead atoms. The minimum Gasteiger partial charge on any atom is -0.380 e. The molecule has 0 spiro atoms. The topological polar surface area (TPSA) is 21.3 Å². The average molecular weight is 166 g/mol. The standard InChI is InChI=1S/C7H16ClNO/c1-2-9-5-3-6-10-7-4-8/h9H,2-7H2,1H3. The first-order chi connectivity index (χ1) is 4.91. The van der Waals surface area contributed by atoms with Crippen LogP contribution in [-0.4, -0.2) is 32.2 Å². The monoisotopic (exact) mass is 165 g/mol. The van der Waals surface area contributed by atoms with Crippen LogP contribution in [0.3, 0.4) is 0 Å². The first kappa shape index (κ1) is 10.2. The van der Waals surface area contributed by atoms with Gasteiger partial charge < -0.3 is 10.1 Å². The van der Waals surface area contributed by atoms with E-state index >= 15 is 0 Å². The van der Waals surface area contributed by atoms with Gasteiger partial charge >= 0.3 is 0 Å². The lowest BCUT2D eigenvalue weighted by atomic mass is 10.4. The molecule has 0 aliphatic heterocycles. The SMILES string of the molecule is CCNCCCOCCCl. The number of halogens is 1. The van der Waals surface area contributed by atoms with Gasteiger partial charge in [-0.2, -0.15) is 0 Å². The summed E-state index contributed by atoms with van der Waals surface area (Å²) >= 11 is 5.40. The first-order valence-corrected chi connectivity index (χ1v) is 4.29. The molecule has 1 N–H and O–H groups in total. The van der Waals surface area contributed by atoms with E-state index < -0.39 is 0 Å². The Hall–Kier alpha value is 0.210. The number of rotatable bonds is 7. The van der Waals surface area contributed by atoms with Crippen molar-refractivity contribution >= 4 is 11.6 Å². The molecule has 0 aromatic carbocycles. The molecule has 2 nitrogen and oxygen atoms in total. The molecule has 0 unspecified atom stereocenters. The van der Waals surface area contributed by atoms with Gasteiger partial charge in [0.1, 0.15) is 0 Å². The van der Waals surface area contributed by atoms with Crippen molar-refractivity contribution in [2.45, 2.75) is 13.3 Å². The molecule has 0 saturated heterocycles. The predicted octanol–water partition coefficient (Wildman–Crippen LogP) is 1.24. The Morgan fingerprint density at radius 2 is 2.20 bits per heavy atom. The average Bonchev–Trinajstić information content (AvgIpc) is 1.97. The third kappa shape index (κ3) is 8.21. The normalized spacial score (nSPS) is 10.2. The molecule has 0 saturated carbocycles. The van der Waals surface area contributed by atoms with Crippen LogP contribution in [0.15, 0.2) is 0 Å². The van der Waals surface area contributed by atoms with E-state index in [2.05, 4.69) is 12.2 Å². The molecule has 0 aliphatic carbocycles. The van der Waals surface area contributed by atoms with Crippen molar-refractivity contribution in [3.63, 3.8) is 0 Å². The maximum atomic E-state index is 5.40. The van der Waals surface area contributed by atoms with Gasteiger partial charge in [0.25, 0.3) is 0 Å². The van der Waals surface area contributed by atoms with Crippen LogP contribution in [0.5, 0.6) is 0 Å². The van der Waals surface area contributed by atoms with Crippen molar-refractivity contribution in [1.29, 1.82) is 0 Å². The Morgan fingerprint density at radius 1 is 1.40 bits per heavy atom. The largest absolute Gasteiger partial charge is 0.380 e. The van der Waals surface area contributed by atoms with Crippen molar-refractivity contribution in [3.8, 4) is 0 Å². The molecule has 10 heavy (non-hydrogen) atoms. The summed E-state index contributed by atoms with van der Waals surface area (Å²) in [6.07, 6.45) is 1.07. The zero-order valence-electron chi connectivity index (χ0n) is 6.53. The van der Waals surface area contributed by atoms with Crippen LogP contribution < -0.4 is 5.32 Å². The smallest absolute Gasteiger partial charge is 0.0601 e. The van der Waals surface area contributed by atoms with Crippen LogP contribution >= 0.6 is 11.6 Å². The predicted molar refractivity (Wildman–Crippen MR) is 44.7 cm³/mol. The lowest BCUT2D eigenvalue weighted by molar-refractivity contribution is 0.146. The van der Waals surface area contributed by atoms with E-state index in [0.29, 0.717) is 12.5 Å². The Kier molecular flexibility index (Phi) is 9.40. The van der Waals surface area contributed by atoms with Gasteiger partial charge in [-0.25, -0.2) is 0 Å². The molecule has 62 valence electrons. The van der Waals surface area contributed by atoms with Crippen LogP contribution in [0.1, 0.15) is 13.3 Å². The molecule has 0 radical (unpaired) electrons.